The van der Waals surface area contributed by atoms with Gasteiger partial charge >= 0.3 is 13.6 Å². The highest BCUT2D eigenvalue weighted by molar-refractivity contribution is 9.08. The van der Waals surface area contributed by atoms with Gasteiger partial charge in [0.25, 0.3) is 0 Å². The largest absolute Gasteiger partial charge is 0.426 e. The van der Waals surface area contributed by atoms with E-state index in [1.54, 1.807) is 6.07 Å². The van der Waals surface area contributed by atoms with Gasteiger partial charge < -0.3 is 14.5 Å². The summed E-state index contributed by atoms with van der Waals surface area (Å²) < 4.78 is 16.5. The van der Waals surface area contributed by atoms with E-state index < -0.39 is 13.6 Å². The van der Waals surface area contributed by atoms with Crippen LogP contribution in [0.1, 0.15) is 12.5 Å². The second kappa shape index (κ2) is 6.75. The smallest absolute Gasteiger partial charge is 0.360 e. The van der Waals surface area contributed by atoms with Gasteiger partial charge in [-0.1, -0.05) is 46.3 Å². The van der Waals surface area contributed by atoms with Gasteiger partial charge in [-0.3, -0.25) is 9.36 Å². The maximum atomic E-state index is 11.6. The summed E-state index contributed by atoms with van der Waals surface area (Å²) in [6.07, 6.45) is 0. The monoisotopic (exact) mass is 384 g/mol. The van der Waals surface area contributed by atoms with Crippen LogP contribution in [0.25, 0.3) is 11.1 Å². The van der Waals surface area contributed by atoms with E-state index in [4.69, 9.17) is 4.74 Å². The molecule has 2 aromatic carbocycles. The van der Waals surface area contributed by atoms with E-state index in [1.165, 1.54) is 19.1 Å². The highest BCUT2D eigenvalue weighted by atomic mass is 79.9. The Morgan fingerprint density at radius 1 is 1.14 bits per heavy atom. The Bertz CT molecular complexity index is 736. The van der Waals surface area contributed by atoms with Crippen molar-refractivity contribution < 1.29 is 23.9 Å². The minimum absolute atomic E-state index is 0.123. The fourth-order valence-electron chi connectivity index (χ4n) is 1.95. The molecule has 0 saturated heterocycles. The Balaban J connectivity index is 2.49. The summed E-state index contributed by atoms with van der Waals surface area (Å²) in [4.78, 5) is 29.9. The van der Waals surface area contributed by atoms with Crippen molar-refractivity contribution in [2.75, 3.05) is 0 Å². The second-order valence-electron chi connectivity index (χ2n) is 4.65. The molecule has 0 unspecified atom stereocenters. The van der Waals surface area contributed by atoms with Gasteiger partial charge in [0.05, 0.1) is 0 Å². The molecule has 2 aromatic rings. The molecule has 0 fully saturated rings. The van der Waals surface area contributed by atoms with Gasteiger partial charge in [0, 0.05) is 12.3 Å². The predicted octanol–water partition coefficient (Wildman–Crippen LogP) is 2.98. The molecule has 0 amide bonds. The average molecular weight is 385 g/mol. The van der Waals surface area contributed by atoms with E-state index in [1.807, 2.05) is 24.3 Å². The number of hydrogen-bond donors (Lipinski definition) is 2. The number of halogens is 1. The van der Waals surface area contributed by atoms with Crippen molar-refractivity contribution in [2.24, 2.45) is 0 Å². The SMILES string of the molecule is CC(=O)Oc1ccc(-c2ccc(CBr)cc2)cc1P(=O)(O)O. The van der Waals surface area contributed by atoms with Crippen LogP contribution in [0, 0.1) is 0 Å². The Kier molecular flexibility index (Phi) is 5.19. The fraction of sp³-hybridized carbons (Fsp3) is 0.133. The molecule has 0 aliphatic heterocycles. The van der Waals surface area contributed by atoms with Crippen molar-refractivity contribution in [1.82, 2.24) is 0 Å². The third-order valence-corrected chi connectivity index (χ3v) is 4.59. The summed E-state index contributed by atoms with van der Waals surface area (Å²) in [5, 5.41) is 0.427. The fourth-order valence-corrected chi connectivity index (χ4v) is 3.04. The van der Waals surface area contributed by atoms with Crippen molar-refractivity contribution in [3.63, 3.8) is 0 Å². The molecule has 22 heavy (non-hydrogen) atoms. The molecule has 0 atom stereocenters. The van der Waals surface area contributed by atoms with Crippen molar-refractivity contribution in [2.45, 2.75) is 12.3 Å². The van der Waals surface area contributed by atoms with E-state index >= 15 is 0 Å². The van der Waals surface area contributed by atoms with Crippen LogP contribution in [0.2, 0.25) is 0 Å². The Morgan fingerprint density at radius 2 is 1.73 bits per heavy atom. The highest BCUT2D eigenvalue weighted by Crippen LogP contribution is 2.39. The number of carbonyl (C=O) groups excluding carboxylic acids is 1. The number of esters is 1. The van der Waals surface area contributed by atoms with Crippen molar-refractivity contribution in [3.05, 3.63) is 48.0 Å². The number of alkyl halides is 1. The first-order chi connectivity index (χ1) is 10.3. The van der Waals surface area contributed by atoms with Gasteiger partial charge in [-0.25, -0.2) is 0 Å². The lowest BCUT2D eigenvalue weighted by molar-refractivity contribution is -0.131. The number of ether oxygens (including phenoxy) is 1. The number of hydrogen-bond acceptors (Lipinski definition) is 3. The molecule has 0 heterocycles. The van der Waals surface area contributed by atoms with E-state index in [2.05, 4.69) is 15.9 Å². The molecule has 0 saturated carbocycles. The first-order valence-corrected chi connectivity index (χ1v) is 9.08. The molecule has 0 aliphatic rings. The van der Waals surface area contributed by atoms with Crippen LogP contribution < -0.4 is 10.0 Å². The van der Waals surface area contributed by atoms with Crippen LogP contribution >= 0.6 is 23.5 Å². The predicted molar refractivity (Wildman–Crippen MR) is 87.5 cm³/mol. The van der Waals surface area contributed by atoms with E-state index in [0.717, 1.165) is 16.5 Å². The minimum Gasteiger partial charge on any atom is -0.426 e. The summed E-state index contributed by atoms with van der Waals surface area (Å²) in [6.45, 7) is 1.18. The lowest BCUT2D eigenvalue weighted by atomic mass is 10.0. The lowest BCUT2D eigenvalue weighted by Crippen LogP contribution is -2.13. The molecular formula is C15H14BrO5P. The minimum atomic E-state index is -4.56. The van der Waals surface area contributed by atoms with Crippen LogP contribution in [-0.2, 0) is 14.7 Å². The highest BCUT2D eigenvalue weighted by Gasteiger charge is 2.24. The molecule has 0 aliphatic carbocycles. The molecule has 0 bridgehead atoms. The average Bonchev–Trinajstić information content (AvgIpc) is 2.46. The van der Waals surface area contributed by atoms with Crippen LogP contribution in [0.15, 0.2) is 42.5 Å². The second-order valence-corrected chi connectivity index (χ2v) is 6.78. The van der Waals surface area contributed by atoms with Crippen molar-refractivity contribution in [1.29, 1.82) is 0 Å². The van der Waals surface area contributed by atoms with Gasteiger partial charge in [0.1, 0.15) is 11.1 Å². The van der Waals surface area contributed by atoms with E-state index in [-0.39, 0.29) is 11.1 Å². The molecule has 5 nitrogen and oxygen atoms in total. The quantitative estimate of drug-likeness (QED) is 0.366. The third-order valence-electron chi connectivity index (χ3n) is 2.97. The van der Waals surface area contributed by atoms with Crippen LogP contribution in [0.5, 0.6) is 5.75 Å². The van der Waals surface area contributed by atoms with Gasteiger partial charge in [-0.05, 0) is 28.8 Å². The molecule has 0 radical (unpaired) electrons. The van der Waals surface area contributed by atoms with Crippen molar-refractivity contribution in [3.8, 4) is 16.9 Å². The number of benzene rings is 2. The summed E-state index contributed by atoms with van der Waals surface area (Å²) in [6, 6.07) is 12.0. The normalized spacial score (nSPS) is 11.3. The standard InChI is InChI=1S/C15H14BrO5P/c1-10(17)21-14-7-6-13(8-15(14)22(18,19)20)12-4-2-11(9-16)3-5-12/h2-8H,9H2,1H3,(H2,18,19,20). The molecule has 7 heteroatoms. The van der Waals surface area contributed by atoms with Gasteiger partial charge in [0.15, 0.2) is 0 Å². The zero-order chi connectivity index (χ0) is 16.3. The summed E-state index contributed by atoms with van der Waals surface area (Å²) in [7, 11) is -4.56. The van der Waals surface area contributed by atoms with E-state index in [0.29, 0.717) is 5.56 Å². The molecule has 0 aromatic heterocycles. The lowest BCUT2D eigenvalue weighted by Gasteiger charge is -2.12. The van der Waals surface area contributed by atoms with Crippen LogP contribution in [0.4, 0.5) is 0 Å². The first-order valence-electron chi connectivity index (χ1n) is 6.35. The summed E-state index contributed by atoms with van der Waals surface area (Å²) in [5.74, 6) is -0.759. The zero-order valence-electron chi connectivity index (χ0n) is 11.7. The van der Waals surface area contributed by atoms with Gasteiger partial charge in [-0.15, -0.1) is 0 Å². The Labute approximate surface area is 136 Å². The van der Waals surface area contributed by atoms with Crippen LogP contribution in [-0.4, -0.2) is 15.8 Å². The number of rotatable bonds is 4. The Hall–Kier alpha value is -1.46. The van der Waals surface area contributed by atoms with Crippen molar-refractivity contribution >= 4 is 34.8 Å². The molecule has 2 rings (SSSR count). The topological polar surface area (TPSA) is 83.8 Å². The molecule has 2 N–H and O–H groups in total. The maximum Gasteiger partial charge on any atom is 0.360 e. The zero-order valence-corrected chi connectivity index (χ0v) is 14.2. The summed E-state index contributed by atoms with van der Waals surface area (Å²) >= 11 is 3.36. The first kappa shape index (κ1) is 16.9. The van der Waals surface area contributed by atoms with E-state index in [9.17, 15) is 19.1 Å². The van der Waals surface area contributed by atoms with Gasteiger partial charge in [-0.2, -0.15) is 0 Å². The number of carbonyl (C=O) groups is 1. The Morgan fingerprint density at radius 3 is 2.23 bits per heavy atom. The molecule has 116 valence electrons. The summed E-state index contributed by atoms with van der Waals surface area (Å²) in [5.41, 5.74) is 2.54. The van der Waals surface area contributed by atoms with Gasteiger partial charge in [0.2, 0.25) is 0 Å². The molecular weight excluding hydrogens is 371 g/mol. The third kappa shape index (κ3) is 4.05. The maximum absolute atomic E-state index is 11.6. The van der Waals surface area contributed by atoms with Crippen LogP contribution in [0.3, 0.4) is 0 Å². The molecule has 0 spiro atoms.